The lowest BCUT2D eigenvalue weighted by molar-refractivity contribution is -0.154. The monoisotopic (exact) mass is 430 g/mol. The predicted molar refractivity (Wildman–Crippen MR) is 120 cm³/mol. The Morgan fingerprint density at radius 2 is 1.61 bits per heavy atom. The second kappa shape index (κ2) is 15.3. The summed E-state index contributed by atoms with van der Waals surface area (Å²) in [6.07, 6.45) is 4.27. The van der Waals surface area contributed by atoms with Crippen LogP contribution in [0.4, 0.5) is 0 Å². The maximum Gasteiger partial charge on any atom is 0.328 e. The van der Waals surface area contributed by atoms with Crippen LogP contribution in [0.25, 0.3) is 0 Å². The number of carbonyl (C=O) groups excluding carboxylic acids is 2. The zero-order chi connectivity index (χ0) is 22.2. The van der Waals surface area contributed by atoms with Crippen LogP contribution in [0.3, 0.4) is 0 Å². The van der Waals surface area contributed by atoms with Crippen LogP contribution in [0.1, 0.15) is 12.0 Å². The molecule has 31 heavy (non-hydrogen) atoms. The Hall–Kier alpha value is -2.52. The summed E-state index contributed by atoms with van der Waals surface area (Å²) in [4.78, 5) is 27.3. The fraction of sp³-hybridized carbons (Fsp3) is 0.478. The molecule has 1 aromatic rings. The van der Waals surface area contributed by atoms with E-state index in [4.69, 9.17) is 9.47 Å². The maximum atomic E-state index is 12.8. The molecule has 0 aromatic heterocycles. The molecule has 170 valence electrons. The second-order valence-corrected chi connectivity index (χ2v) is 7.15. The first-order chi connectivity index (χ1) is 15.2. The van der Waals surface area contributed by atoms with Crippen molar-refractivity contribution in [2.45, 2.75) is 19.1 Å². The van der Waals surface area contributed by atoms with Gasteiger partial charge in [0.2, 0.25) is 0 Å². The molecule has 8 nitrogen and oxygen atoms in total. The number of esters is 2. The summed E-state index contributed by atoms with van der Waals surface area (Å²) < 4.78 is 10.7. The molecule has 1 atom stereocenters. The van der Waals surface area contributed by atoms with Gasteiger partial charge < -0.3 is 25.4 Å². The molecule has 1 saturated heterocycles. The molecule has 0 amide bonds. The lowest BCUT2D eigenvalue weighted by Gasteiger charge is -2.30. The molecule has 0 aliphatic carbocycles. The van der Waals surface area contributed by atoms with Gasteiger partial charge in [0.25, 0.3) is 0 Å². The zero-order valence-corrected chi connectivity index (χ0v) is 18.1. The number of hydrogen-bond acceptors (Lipinski definition) is 8. The number of carbonyl (C=O) groups is 2. The highest BCUT2D eigenvalue weighted by molar-refractivity contribution is 5.83. The maximum absolute atomic E-state index is 12.8. The van der Waals surface area contributed by atoms with Crippen molar-refractivity contribution < 1.29 is 19.1 Å². The Bertz CT molecular complexity index is 684. The second-order valence-electron chi connectivity index (χ2n) is 7.15. The minimum absolute atomic E-state index is 0.0743. The summed E-state index contributed by atoms with van der Waals surface area (Å²) in [6.45, 7) is 9.80. The van der Waals surface area contributed by atoms with Crippen LogP contribution >= 0.6 is 0 Å². The van der Waals surface area contributed by atoms with E-state index < -0.39 is 18.0 Å². The summed E-state index contributed by atoms with van der Waals surface area (Å²) in [7, 11) is 0. The van der Waals surface area contributed by atoms with Gasteiger partial charge in [0.1, 0.15) is 12.6 Å². The minimum Gasteiger partial charge on any atom is -0.461 e. The third kappa shape index (κ3) is 10.4. The standard InChI is InChI=1S/C23H34N4O4/c1-2-3-17-30-23(29)21(18-22(28)31-19-20-7-5-4-6-8-20)27-15-13-25-11-9-24-10-12-26-14-16-27/h2-8,17,21,24-26H,1,9-16,18-19H2. The fourth-order valence-electron chi connectivity index (χ4n) is 3.15. The first-order valence-electron chi connectivity index (χ1n) is 10.7. The van der Waals surface area contributed by atoms with Gasteiger partial charge >= 0.3 is 11.9 Å². The van der Waals surface area contributed by atoms with Crippen molar-refractivity contribution in [3.63, 3.8) is 0 Å². The lowest BCUT2D eigenvalue weighted by atomic mass is 10.1. The Kier molecular flexibility index (Phi) is 12.2. The van der Waals surface area contributed by atoms with Crippen molar-refractivity contribution in [3.8, 4) is 0 Å². The molecule has 0 spiro atoms. The largest absolute Gasteiger partial charge is 0.461 e. The van der Waals surface area contributed by atoms with Crippen LogP contribution < -0.4 is 16.0 Å². The van der Waals surface area contributed by atoms with Crippen LogP contribution in [0.2, 0.25) is 0 Å². The van der Waals surface area contributed by atoms with E-state index in [9.17, 15) is 9.59 Å². The molecule has 0 saturated carbocycles. The van der Waals surface area contributed by atoms with Crippen LogP contribution in [0.5, 0.6) is 0 Å². The Morgan fingerprint density at radius 3 is 2.23 bits per heavy atom. The number of allylic oxidation sites excluding steroid dienone is 2. The molecular formula is C23H34N4O4. The molecule has 8 heteroatoms. The number of nitrogens with one attached hydrogen (secondary N) is 3. The SMILES string of the molecule is C=CC=COC(=O)C(CC(=O)OCc1ccccc1)N1CCNCCNCCNCC1. The smallest absolute Gasteiger partial charge is 0.328 e. The molecule has 3 N–H and O–H groups in total. The van der Waals surface area contributed by atoms with Crippen molar-refractivity contribution in [2.24, 2.45) is 0 Å². The number of hydrogen-bond donors (Lipinski definition) is 3. The van der Waals surface area contributed by atoms with E-state index in [0.29, 0.717) is 26.2 Å². The Balaban J connectivity index is 2.02. The van der Waals surface area contributed by atoms with Crippen molar-refractivity contribution in [1.82, 2.24) is 20.9 Å². The van der Waals surface area contributed by atoms with E-state index in [0.717, 1.165) is 31.7 Å². The van der Waals surface area contributed by atoms with Gasteiger partial charge in [-0.05, 0) is 11.6 Å². The third-order valence-corrected chi connectivity index (χ3v) is 4.82. The summed E-state index contributed by atoms with van der Waals surface area (Å²) >= 11 is 0. The Labute approximate surface area is 184 Å². The van der Waals surface area contributed by atoms with Crippen LogP contribution in [-0.2, 0) is 25.7 Å². The highest BCUT2D eigenvalue weighted by Crippen LogP contribution is 2.10. The van der Waals surface area contributed by atoms with Gasteiger partial charge in [-0.25, -0.2) is 4.79 Å². The Morgan fingerprint density at radius 1 is 1.00 bits per heavy atom. The first-order valence-corrected chi connectivity index (χ1v) is 10.7. The molecule has 1 heterocycles. The van der Waals surface area contributed by atoms with Gasteiger partial charge in [0.15, 0.2) is 0 Å². The highest BCUT2D eigenvalue weighted by atomic mass is 16.5. The normalized spacial score (nSPS) is 17.8. The van der Waals surface area contributed by atoms with Gasteiger partial charge in [-0.1, -0.05) is 43.0 Å². The zero-order valence-electron chi connectivity index (χ0n) is 18.1. The minimum atomic E-state index is -0.734. The molecule has 2 rings (SSSR count). The van der Waals surface area contributed by atoms with E-state index >= 15 is 0 Å². The van der Waals surface area contributed by atoms with Gasteiger partial charge in [-0.3, -0.25) is 9.69 Å². The van der Waals surface area contributed by atoms with E-state index in [-0.39, 0.29) is 13.0 Å². The number of benzene rings is 1. The molecule has 1 aliphatic heterocycles. The topological polar surface area (TPSA) is 91.9 Å². The highest BCUT2D eigenvalue weighted by Gasteiger charge is 2.30. The lowest BCUT2D eigenvalue weighted by Crippen LogP contribution is -2.49. The van der Waals surface area contributed by atoms with Crippen LogP contribution in [0.15, 0.2) is 55.3 Å². The van der Waals surface area contributed by atoms with Gasteiger partial charge in [0.05, 0.1) is 12.7 Å². The molecule has 1 aliphatic rings. The van der Waals surface area contributed by atoms with Crippen molar-refractivity contribution in [3.05, 3.63) is 60.9 Å². The summed E-state index contributed by atoms with van der Waals surface area (Å²) in [5, 5.41) is 10.1. The van der Waals surface area contributed by atoms with E-state index in [1.54, 1.807) is 0 Å². The summed E-state index contributed by atoms with van der Waals surface area (Å²) in [6, 6.07) is 8.73. The molecule has 0 bridgehead atoms. The molecule has 1 unspecified atom stereocenters. The number of ether oxygens (including phenoxy) is 2. The summed E-state index contributed by atoms with van der Waals surface area (Å²) in [5.41, 5.74) is 0.900. The van der Waals surface area contributed by atoms with E-state index in [1.165, 1.54) is 18.4 Å². The third-order valence-electron chi connectivity index (χ3n) is 4.82. The van der Waals surface area contributed by atoms with Crippen molar-refractivity contribution in [2.75, 3.05) is 52.4 Å². The molecule has 0 radical (unpaired) electrons. The molecular weight excluding hydrogens is 396 g/mol. The fourth-order valence-corrected chi connectivity index (χ4v) is 3.15. The van der Waals surface area contributed by atoms with E-state index in [1.807, 2.05) is 35.2 Å². The molecule has 1 fully saturated rings. The van der Waals surface area contributed by atoms with E-state index in [2.05, 4.69) is 22.5 Å². The van der Waals surface area contributed by atoms with Gasteiger partial charge in [-0.2, -0.15) is 0 Å². The average Bonchev–Trinajstić information content (AvgIpc) is 2.77. The van der Waals surface area contributed by atoms with Crippen molar-refractivity contribution in [1.29, 1.82) is 0 Å². The average molecular weight is 431 g/mol. The van der Waals surface area contributed by atoms with Crippen LogP contribution in [0, 0.1) is 0 Å². The first kappa shape index (κ1) is 24.7. The summed E-state index contributed by atoms with van der Waals surface area (Å²) in [5.74, 6) is -0.918. The van der Waals surface area contributed by atoms with Crippen LogP contribution in [-0.4, -0.2) is 75.2 Å². The van der Waals surface area contributed by atoms with Crippen molar-refractivity contribution >= 4 is 11.9 Å². The van der Waals surface area contributed by atoms with Gasteiger partial charge in [0, 0.05) is 52.4 Å². The molecule has 1 aromatic carbocycles. The quantitative estimate of drug-likeness (QED) is 0.317. The number of nitrogens with zero attached hydrogens (tertiary/aromatic N) is 1. The van der Waals surface area contributed by atoms with Gasteiger partial charge in [-0.15, -0.1) is 0 Å². The predicted octanol–water partition coefficient (Wildman–Crippen LogP) is 0.816. The number of rotatable bonds is 8.